The summed E-state index contributed by atoms with van der Waals surface area (Å²) in [5, 5.41) is 0.849. The molecule has 0 saturated heterocycles. The number of hydrogen-bond donors (Lipinski definition) is 0. The Morgan fingerprint density at radius 1 is 1.12 bits per heavy atom. The largest absolute Gasteiger partial charge is 0.416 e. The molecule has 0 spiro atoms. The molecule has 2 heterocycles. The third-order valence-electron chi connectivity index (χ3n) is 4.77. The van der Waals surface area contributed by atoms with Crippen LogP contribution in [0, 0.1) is 5.82 Å². The minimum atomic E-state index is -4.61. The molecule has 0 bridgehead atoms. The van der Waals surface area contributed by atoms with Crippen LogP contribution in [-0.2, 0) is 19.6 Å². The van der Waals surface area contributed by atoms with Gasteiger partial charge in [0.25, 0.3) is 5.56 Å². The van der Waals surface area contributed by atoms with Crippen LogP contribution >= 0.6 is 23.4 Å². The van der Waals surface area contributed by atoms with Crippen LogP contribution in [0.5, 0.6) is 0 Å². The fourth-order valence-electron chi connectivity index (χ4n) is 3.13. The van der Waals surface area contributed by atoms with E-state index >= 15 is 0 Å². The minimum Gasteiger partial charge on any atom is -0.318 e. The summed E-state index contributed by atoms with van der Waals surface area (Å²) in [5.41, 5.74) is -0.147. The van der Waals surface area contributed by atoms with Crippen molar-refractivity contribution in [3.05, 3.63) is 81.1 Å². The van der Waals surface area contributed by atoms with E-state index in [0.717, 1.165) is 12.1 Å². The molecule has 2 aromatic carbocycles. The SMILES string of the molecule is Cn1cnc2c(=O)n(-c3ccc(Cl)cc3)c(SCCc3ccc(C(F)(F)F)cc3F)nc21. The van der Waals surface area contributed by atoms with Crippen molar-refractivity contribution < 1.29 is 17.6 Å². The number of rotatable bonds is 5. The van der Waals surface area contributed by atoms with Crippen LogP contribution < -0.4 is 5.56 Å². The van der Waals surface area contributed by atoms with Crippen molar-refractivity contribution in [3.63, 3.8) is 0 Å². The van der Waals surface area contributed by atoms with Gasteiger partial charge < -0.3 is 4.57 Å². The first-order chi connectivity index (χ1) is 15.1. The lowest BCUT2D eigenvalue weighted by Crippen LogP contribution is -2.22. The van der Waals surface area contributed by atoms with Gasteiger partial charge >= 0.3 is 6.18 Å². The summed E-state index contributed by atoms with van der Waals surface area (Å²) in [7, 11) is 1.71. The van der Waals surface area contributed by atoms with E-state index in [9.17, 15) is 22.4 Å². The van der Waals surface area contributed by atoms with Crippen LogP contribution in [0.25, 0.3) is 16.9 Å². The van der Waals surface area contributed by atoms with Crippen molar-refractivity contribution in [2.24, 2.45) is 7.05 Å². The second kappa shape index (κ2) is 8.59. The molecule has 0 atom stereocenters. The number of imidazole rings is 1. The maximum Gasteiger partial charge on any atom is 0.416 e. The van der Waals surface area contributed by atoms with Gasteiger partial charge in [-0.15, -0.1) is 0 Å². The molecule has 32 heavy (non-hydrogen) atoms. The Morgan fingerprint density at radius 3 is 2.50 bits per heavy atom. The fraction of sp³-hybridized carbons (Fsp3) is 0.190. The van der Waals surface area contributed by atoms with Crippen molar-refractivity contribution in [1.29, 1.82) is 0 Å². The Kier molecular flexibility index (Phi) is 6.00. The number of fused-ring (bicyclic) bond motifs is 1. The van der Waals surface area contributed by atoms with E-state index in [0.29, 0.717) is 27.6 Å². The molecule has 0 unspecified atom stereocenters. The molecule has 0 aliphatic rings. The molecule has 0 N–H and O–H groups in total. The lowest BCUT2D eigenvalue weighted by molar-refractivity contribution is -0.137. The van der Waals surface area contributed by atoms with Gasteiger partial charge in [-0.05, 0) is 48.4 Å². The molecule has 166 valence electrons. The number of aromatic nitrogens is 4. The highest BCUT2D eigenvalue weighted by Gasteiger charge is 2.31. The van der Waals surface area contributed by atoms with Gasteiger partial charge in [0.15, 0.2) is 16.3 Å². The van der Waals surface area contributed by atoms with Gasteiger partial charge in [0.1, 0.15) is 5.82 Å². The lowest BCUT2D eigenvalue weighted by atomic mass is 10.1. The Morgan fingerprint density at radius 2 is 1.84 bits per heavy atom. The van der Waals surface area contributed by atoms with Crippen molar-refractivity contribution in [1.82, 2.24) is 19.1 Å². The van der Waals surface area contributed by atoms with Crippen LogP contribution in [0.3, 0.4) is 0 Å². The number of halogens is 5. The van der Waals surface area contributed by atoms with Gasteiger partial charge in [0.05, 0.1) is 17.6 Å². The van der Waals surface area contributed by atoms with E-state index in [1.807, 2.05) is 0 Å². The number of hydrogen-bond acceptors (Lipinski definition) is 4. The van der Waals surface area contributed by atoms with Crippen LogP contribution in [-0.4, -0.2) is 24.9 Å². The van der Waals surface area contributed by atoms with Crippen LogP contribution in [0.1, 0.15) is 11.1 Å². The Hall–Kier alpha value is -2.85. The molecule has 0 radical (unpaired) electrons. The maximum atomic E-state index is 14.2. The Bertz CT molecular complexity index is 1350. The Labute approximate surface area is 188 Å². The molecule has 4 aromatic rings. The van der Waals surface area contributed by atoms with E-state index in [1.165, 1.54) is 22.7 Å². The van der Waals surface area contributed by atoms with Crippen LogP contribution in [0.2, 0.25) is 5.02 Å². The second-order valence-electron chi connectivity index (χ2n) is 6.94. The average molecular weight is 483 g/mol. The van der Waals surface area contributed by atoms with Gasteiger partial charge in [-0.1, -0.05) is 29.4 Å². The average Bonchev–Trinajstić information content (AvgIpc) is 3.10. The highest BCUT2D eigenvalue weighted by atomic mass is 35.5. The molecular formula is C21H15ClF4N4OS. The van der Waals surface area contributed by atoms with E-state index < -0.39 is 17.6 Å². The molecule has 0 aliphatic heterocycles. The van der Waals surface area contributed by atoms with E-state index in [1.54, 1.807) is 35.9 Å². The molecule has 0 aliphatic carbocycles. The van der Waals surface area contributed by atoms with Gasteiger partial charge in [-0.25, -0.2) is 14.4 Å². The molecule has 0 saturated carbocycles. The van der Waals surface area contributed by atoms with Gasteiger partial charge in [-0.3, -0.25) is 9.36 Å². The van der Waals surface area contributed by atoms with E-state index in [2.05, 4.69) is 9.97 Å². The van der Waals surface area contributed by atoms with Crippen molar-refractivity contribution in [2.45, 2.75) is 17.8 Å². The first-order valence-corrected chi connectivity index (χ1v) is 10.7. The molecule has 5 nitrogen and oxygen atoms in total. The highest BCUT2D eigenvalue weighted by molar-refractivity contribution is 7.99. The van der Waals surface area contributed by atoms with Gasteiger partial charge in [0, 0.05) is 17.8 Å². The first kappa shape index (κ1) is 22.3. The van der Waals surface area contributed by atoms with Crippen molar-refractivity contribution >= 4 is 34.5 Å². The summed E-state index contributed by atoms with van der Waals surface area (Å²) >= 11 is 7.14. The predicted molar refractivity (Wildman–Crippen MR) is 115 cm³/mol. The topological polar surface area (TPSA) is 52.7 Å². The zero-order valence-corrected chi connectivity index (χ0v) is 18.1. The standard InChI is InChI=1S/C21H15ClF4N4OS/c1-29-11-27-17-18(29)28-20(30(19(17)31)15-6-4-14(22)5-7-15)32-9-8-12-2-3-13(10-16(12)23)21(24,25)26/h2-7,10-11H,8-9H2,1H3. The summed E-state index contributed by atoms with van der Waals surface area (Å²) in [6.45, 7) is 0. The zero-order chi connectivity index (χ0) is 23.0. The van der Waals surface area contributed by atoms with Crippen molar-refractivity contribution in [2.75, 3.05) is 5.75 Å². The molecule has 0 fully saturated rings. The number of benzene rings is 2. The summed E-state index contributed by atoms with van der Waals surface area (Å²) in [6.07, 6.45) is -2.98. The number of alkyl halides is 3. The van der Waals surface area contributed by atoms with Crippen LogP contribution in [0.15, 0.2) is 58.7 Å². The van der Waals surface area contributed by atoms with E-state index in [4.69, 9.17) is 11.6 Å². The number of aryl methyl sites for hydroxylation is 2. The minimum absolute atomic E-state index is 0.146. The van der Waals surface area contributed by atoms with Gasteiger partial charge in [-0.2, -0.15) is 13.2 Å². The van der Waals surface area contributed by atoms with Gasteiger partial charge in [0.2, 0.25) is 0 Å². The van der Waals surface area contributed by atoms with Crippen molar-refractivity contribution in [3.8, 4) is 5.69 Å². The third kappa shape index (κ3) is 4.37. The van der Waals surface area contributed by atoms with Crippen LogP contribution in [0.4, 0.5) is 17.6 Å². The normalized spacial score (nSPS) is 11.9. The fourth-order valence-corrected chi connectivity index (χ4v) is 4.23. The molecule has 4 rings (SSSR count). The molecule has 0 amide bonds. The Balaban J connectivity index is 1.65. The summed E-state index contributed by atoms with van der Waals surface area (Å²) < 4.78 is 55.4. The highest BCUT2D eigenvalue weighted by Crippen LogP contribution is 2.31. The third-order valence-corrected chi connectivity index (χ3v) is 5.96. The smallest absolute Gasteiger partial charge is 0.318 e. The molecule has 2 aromatic heterocycles. The zero-order valence-electron chi connectivity index (χ0n) is 16.5. The quantitative estimate of drug-likeness (QED) is 0.221. The number of thioether (sulfide) groups is 1. The lowest BCUT2D eigenvalue weighted by Gasteiger charge is -2.13. The first-order valence-electron chi connectivity index (χ1n) is 9.33. The number of nitrogens with zero attached hydrogens (tertiary/aromatic N) is 4. The summed E-state index contributed by atoms with van der Waals surface area (Å²) in [5.74, 6) is -0.642. The summed E-state index contributed by atoms with van der Waals surface area (Å²) in [4.78, 5) is 21.8. The second-order valence-corrected chi connectivity index (χ2v) is 8.44. The van der Waals surface area contributed by atoms with E-state index in [-0.39, 0.29) is 28.8 Å². The molecular weight excluding hydrogens is 468 g/mol. The monoisotopic (exact) mass is 482 g/mol. The predicted octanol–water partition coefficient (Wildman–Crippen LogP) is 5.27. The molecule has 11 heteroatoms. The summed E-state index contributed by atoms with van der Waals surface area (Å²) in [6, 6.07) is 9.08. The maximum absolute atomic E-state index is 14.2.